The molecule has 2 aromatic rings. The lowest BCUT2D eigenvalue weighted by molar-refractivity contribution is 0.352. The molecule has 0 fully saturated rings. The summed E-state index contributed by atoms with van der Waals surface area (Å²) >= 11 is 9.72. The van der Waals surface area contributed by atoms with Gasteiger partial charge in [-0.3, -0.25) is 0 Å². The van der Waals surface area contributed by atoms with Crippen LogP contribution in [0.3, 0.4) is 0 Å². The van der Waals surface area contributed by atoms with E-state index in [1.165, 1.54) is 11.1 Å². The van der Waals surface area contributed by atoms with Crippen LogP contribution in [0.1, 0.15) is 16.7 Å². The van der Waals surface area contributed by atoms with Crippen molar-refractivity contribution in [3.05, 3.63) is 62.6 Å². The third-order valence-electron chi connectivity index (χ3n) is 3.41. The van der Waals surface area contributed by atoms with E-state index in [-0.39, 0.29) is 0 Å². The summed E-state index contributed by atoms with van der Waals surface area (Å²) in [4.78, 5) is 0. The van der Waals surface area contributed by atoms with E-state index in [2.05, 4.69) is 33.4 Å². The van der Waals surface area contributed by atoms with Gasteiger partial charge in [0, 0.05) is 34.6 Å². The molecule has 2 aromatic carbocycles. The molecule has 104 valence electrons. The highest BCUT2D eigenvalue weighted by Crippen LogP contribution is 2.32. The Balaban J connectivity index is 1.69. The topological polar surface area (TPSA) is 21.3 Å². The van der Waals surface area contributed by atoms with Crippen LogP contribution in [0.4, 0.5) is 0 Å². The Labute approximate surface area is 132 Å². The third kappa shape index (κ3) is 3.00. The first-order chi connectivity index (χ1) is 9.74. The molecule has 1 N–H and O–H groups in total. The predicted molar refractivity (Wildman–Crippen MR) is 85.3 cm³/mol. The van der Waals surface area contributed by atoms with Crippen molar-refractivity contribution in [2.24, 2.45) is 0 Å². The number of rotatable bonds is 4. The van der Waals surface area contributed by atoms with Gasteiger partial charge in [-0.15, -0.1) is 0 Å². The molecule has 1 aliphatic heterocycles. The van der Waals surface area contributed by atoms with E-state index >= 15 is 0 Å². The molecule has 0 saturated carbocycles. The fourth-order valence-corrected chi connectivity index (χ4v) is 3.14. The van der Waals surface area contributed by atoms with E-state index in [0.29, 0.717) is 0 Å². The number of hydrogen-bond acceptors (Lipinski definition) is 2. The van der Waals surface area contributed by atoms with Crippen LogP contribution < -0.4 is 10.1 Å². The number of halogens is 2. The Bertz CT molecular complexity index is 630. The van der Waals surface area contributed by atoms with Crippen molar-refractivity contribution in [1.82, 2.24) is 5.32 Å². The Morgan fingerprint density at radius 2 is 1.95 bits per heavy atom. The van der Waals surface area contributed by atoms with Gasteiger partial charge in [-0.1, -0.05) is 45.7 Å². The summed E-state index contributed by atoms with van der Waals surface area (Å²) in [6, 6.07) is 12.2. The van der Waals surface area contributed by atoms with Crippen LogP contribution in [0.15, 0.2) is 40.9 Å². The van der Waals surface area contributed by atoms with Crippen molar-refractivity contribution in [2.75, 3.05) is 6.61 Å². The van der Waals surface area contributed by atoms with Crippen LogP contribution in [0, 0.1) is 0 Å². The van der Waals surface area contributed by atoms with Crippen LogP contribution in [0.5, 0.6) is 5.75 Å². The van der Waals surface area contributed by atoms with E-state index in [9.17, 15) is 0 Å². The molecule has 0 unspecified atom stereocenters. The molecular formula is C16H15BrClNO. The largest absolute Gasteiger partial charge is 0.493 e. The molecule has 4 heteroatoms. The first kappa shape index (κ1) is 13.9. The minimum absolute atomic E-state index is 0.754. The highest BCUT2D eigenvalue weighted by molar-refractivity contribution is 9.10. The number of fused-ring (bicyclic) bond motifs is 1. The van der Waals surface area contributed by atoms with E-state index in [0.717, 1.165) is 46.9 Å². The van der Waals surface area contributed by atoms with E-state index in [1.807, 2.05) is 24.3 Å². The average Bonchev–Trinajstić information content (AvgIpc) is 2.89. The maximum atomic E-state index is 6.16. The van der Waals surface area contributed by atoms with Crippen LogP contribution >= 0.6 is 27.5 Å². The van der Waals surface area contributed by atoms with Gasteiger partial charge in [-0.05, 0) is 29.3 Å². The molecule has 0 aliphatic carbocycles. The van der Waals surface area contributed by atoms with Gasteiger partial charge in [0.1, 0.15) is 5.75 Å². The van der Waals surface area contributed by atoms with Gasteiger partial charge in [0.25, 0.3) is 0 Å². The first-order valence-corrected chi connectivity index (χ1v) is 7.79. The van der Waals surface area contributed by atoms with Gasteiger partial charge in [0.05, 0.1) is 6.61 Å². The van der Waals surface area contributed by atoms with Crippen LogP contribution in [0.25, 0.3) is 0 Å². The van der Waals surface area contributed by atoms with Crippen molar-refractivity contribution in [3.63, 3.8) is 0 Å². The summed E-state index contributed by atoms with van der Waals surface area (Å²) in [5.41, 5.74) is 3.60. The molecule has 0 bridgehead atoms. The SMILES string of the molecule is Clc1cc2c(c(CNCc3ccccc3Br)c1)OCC2. The lowest BCUT2D eigenvalue weighted by Gasteiger charge is -2.11. The van der Waals surface area contributed by atoms with Gasteiger partial charge >= 0.3 is 0 Å². The number of nitrogens with one attached hydrogen (secondary N) is 1. The zero-order valence-electron chi connectivity index (χ0n) is 11.0. The highest BCUT2D eigenvalue weighted by atomic mass is 79.9. The predicted octanol–water partition coefficient (Wildman–Crippen LogP) is 4.33. The molecule has 1 heterocycles. The van der Waals surface area contributed by atoms with Crippen LogP contribution in [-0.4, -0.2) is 6.61 Å². The molecule has 2 nitrogen and oxygen atoms in total. The van der Waals surface area contributed by atoms with Crippen molar-refractivity contribution in [1.29, 1.82) is 0 Å². The molecule has 3 rings (SSSR count). The highest BCUT2D eigenvalue weighted by Gasteiger charge is 2.17. The Morgan fingerprint density at radius 1 is 1.15 bits per heavy atom. The molecule has 1 aliphatic rings. The van der Waals surface area contributed by atoms with Gasteiger partial charge in [-0.25, -0.2) is 0 Å². The molecule has 0 amide bonds. The zero-order chi connectivity index (χ0) is 13.9. The van der Waals surface area contributed by atoms with E-state index in [4.69, 9.17) is 16.3 Å². The number of hydrogen-bond donors (Lipinski definition) is 1. The van der Waals surface area contributed by atoms with Gasteiger partial charge in [0.15, 0.2) is 0 Å². The van der Waals surface area contributed by atoms with E-state index in [1.54, 1.807) is 0 Å². The average molecular weight is 353 g/mol. The maximum Gasteiger partial charge on any atom is 0.127 e. The fourth-order valence-electron chi connectivity index (χ4n) is 2.45. The number of benzene rings is 2. The van der Waals surface area contributed by atoms with Crippen molar-refractivity contribution in [3.8, 4) is 5.75 Å². The van der Waals surface area contributed by atoms with Gasteiger partial charge in [0.2, 0.25) is 0 Å². The molecule has 0 aromatic heterocycles. The second-order valence-electron chi connectivity index (χ2n) is 4.85. The van der Waals surface area contributed by atoms with Crippen molar-refractivity contribution >= 4 is 27.5 Å². The molecule has 0 saturated heterocycles. The summed E-state index contributed by atoms with van der Waals surface area (Å²) in [6.07, 6.45) is 0.952. The lowest BCUT2D eigenvalue weighted by Crippen LogP contribution is -2.13. The molecule has 0 atom stereocenters. The summed E-state index contributed by atoms with van der Waals surface area (Å²) in [6.45, 7) is 2.32. The maximum absolute atomic E-state index is 6.16. The summed E-state index contributed by atoms with van der Waals surface area (Å²) < 4.78 is 6.83. The fraction of sp³-hybridized carbons (Fsp3) is 0.250. The summed E-state index contributed by atoms with van der Waals surface area (Å²) in [7, 11) is 0. The van der Waals surface area contributed by atoms with Crippen LogP contribution in [-0.2, 0) is 19.5 Å². The Kier molecular flexibility index (Phi) is 4.29. The lowest BCUT2D eigenvalue weighted by atomic mass is 10.1. The zero-order valence-corrected chi connectivity index (χ0v) is 13.3. The minimum atomic E-state index is 0.754. The second kappa shape index (κ2) is 6.17. The Morgan fingerprint density at radius 3 is 2.80 bits per heavy atom. The van der Waals surface area contributed by atoms with Crippen LogP contribution in [0.2, 0.25) is 5.02 Å². The van der Waals surface area contributed by atoms with E-state index < -0.39 is 0 Å². The molecule has 0 spiro atoms. The monoisotopic (exact) mass is 351 g/mol. The van der Waals surface area contributed by atoms with Crippen molar-refractivity contribution < 1.29 is 4.74 Å². The van der Waals surface area contributed by atoms with Gasteiger partial charge in [-0.2, -0.15) is 0 Å². The Hall–Kier alpha value is -1.03. The molecule has 0 radical (unpaired) electrons. The summed E-state index contributed by atoms with van der Waals surface area (Å²) in [5.74, 6) is 1.01. The molecule has 20 heavy (non-hydrogen) atoms. The second-order valence-corrected chi connectivity index (χ2v) is 6.14. The summed E-state index contributed by atoms with van der Waals surface area (Å²) in [5, 5.41) is 4.23. The normalized spacial score (nSPS) is 13.1. The first-order valence-electron chi connectivity index (χ1n) is 6.62. The minimum Gasteiger partial charge on any atom is -0.493 e. The smallest absolute Gasteiger partial charge is 0.127 e. The third-order valence-corrected chi connectivity index (χ3v) is 4.41. The van der Waals surface area contributed by atoms with Gasteiger partial charge < -0.3 is 10.1 Å². The standard InChI is InChI=1S/C16H15BrClNO/c17-15-4-2-1-3-12(15)9-19-10-13-8-14(18)7-11-5-6-20-16(11)13/h1-4,7-8,19H,5-6,9-10H2. The molecular weight excluding hydrogens is 338 g/mol. The number of ether oxygens (including phenoxy) is 1. The van der Waals surface area contributed by atoms with Crippen molar-refractivity contribution in [2.45, 2.75) is 19.5 Å². The quantitative estimate of drug-likeness (QED) is 0.884.